The van der Waals surface area contributed by atoms with Gasteiger partial charge in [0.2, 0.25) is 11.8 Å². The Morgan fingerprint density at radius 3 is 2.50 bits per heavy atom. The van der Waals surface area contributed by atoms with E-state index in [0.29, 0.717) is 32.5 Å². The van der Waals surface area contributed by atoms with Crippen molar-refractivity contribution in [2.45, 2.75) is 32.7 Å². The van der Waals surface area contributed by atoms with Crippen LogP contribution in [0.4, 0.5) is 0 Å². The van der Waals surface area contributed by atoms with Crippen LogP contribution in [0, 0.1) is 0 Å². The number of nitrogens with zero attached hydrogens (tertiary/aromatic N) is 4. The highest BCUT2D eigenvalue weighted by Gasteiger charge is 2.22. The molecule has 0 unspecified atom stereocenters. The summed E-state index contributed by atoms with van der Waals surface area (Å²) in [4.78, 5) is 28.4. The van der Waals surface area contributed by atoms with Gasteiger partial charge in [0.1, 0.15) is 0 Å². The highest BCUT2D eigenvalue weighted by molar-refractivity contribution is 5.78. The van der Waals surface area contributed by atoms with E-state index in [1.54, 1.807) is 0 Å². The molecule has 3 rings (SSSR count). The first kappa shape index (κ1) is 20.1. The summed E-state index contributed by atoms with van der Waals surface area (Å²) in [6, 6.07) is 10.1. The summed E-state index contributed by atoms with van der Waals surface area (Å²) in [5.74, 6) is 0.212. The minimum Gasteiger partial charge on any atom is -0.353 e. The highest BCUT2D eigenvalue weighted by atomic mass is 16.2. The zero-order chi connectivity index (χ0) is 19.9. The number of piperazine rings is 1. The lowest BCUT2D eigenvalue weighted by Crippen LogP contribution is -2.51. The SMILES string of the molecule is CC(C)NC(=O)CN1CCN(C(=O)CCc2cnn(-c3ccccc3)c2)CC1. The number of hydrogen-bond acceptors (Lipinski definition) is 4. The smallest absolute Gasteiger partial charge is 0.234 e. The van der Waals surface area contributed by atoms with Gasteiger partial charge in [-0.1, -0.05) is 18.2 Å². The van der Waals surface area contributed by atoms with Gasteiger partial charge < -0.3 is 10.2 Å². The molecule has 1 saturated heterocycles. The summed E-state index contributed by atoms with van der Waals surface area (Å²) >= 11 is 0. The molecule has 0 radical (unpaired) electrons. The maximum atomic E-state index is 12.5. The van der Waals surface area contributed by atoms with Gasteiger partial charge in [0.25, 0.3) is 0 Å². The number of para-hydroxylation sites is 1. The van der Waals surface area contributed by atoms with Crippen LogP contribution in [-0.2, 0) is 16.0 Å². The van der Waals surface area contributed by atoms with Crippen LogP contribution in [0.15, 0.2) is 42.7 Å². The van der Waals surface area contributed by atoms with Gasteiger partial charge in [-0.25, -0.2) is 4.68 Å². The zero-order valence-electron chi connectivity index (χ0n) is 16.7. The fraction of sp³-hybridized carbons (Fsp3) is 0.476. The van der Waals surface area contributed by atoms with Gasteiger partial charge >= 0.3 is 0 Å². The molecule has 0 spiro atoms. The normalized spacial score (nSPS) is 15.0. The molecule has 1 aromatic heterocycles. The van der Waals surface area contributed by atoms with Crippen LogP contribution in [-0.4, -0.2) is 70.2 Å². The van der Waals surface area contributed by atoms with E-state index in [4.69, 9.17) is 0 Å². The average Bonchev–Trinajstić information content (AvgIpc) is 3.16. The Kier molecular flexibility index (Phi) is 6.81. The van der Waals surface area contributed by atoms with Crippen LogP contribution in [0.2, 0.25) is 0 Å². The Balaban J connectivity index is 1.42. The van der Waals surface area contributed by atoms with Crippen molar-refractivity contribution in [1.29, 1.82) is 0 Å². The van der Waals surface area contributed by atoms with E-state index in [1.807, 2.05) is 66.2 Å². The van der Waals surface area contributed by atoms with E-state index < -0.39 is 0 Å². The second-order valence-electron chi connectivity index (χ2n) is 7.51. The molecule has 2 aromatic rings. The largest absolute Gasteiger partial charge is 0.353 e. The molecule has 0 aliphatic carbocycles. The highest BCUT2D eigenvalue weighted by Crippen LogP contribution is 2.11. The van der Waals surface area contributed by atoms with Crippen LogP contribution < -0.4 is 5.32 Å². The fourth-order valence-corrected chi connectivity index (χ4v) is 3.35. The Morgan fingerprint density at radius 1 is 1.11 bits per heavy atom. The first-order valence-electron chi connectivity index (χ1n) is 9.90. The van der Waals surface area contributed by atoms with Crippen LogP contribution in [0.5, 0.6) is 0 Å². The molecule has 28 heavy (non-hydrogen) atoms. The molecule has 2 amide bonds. The molecule has 0 bridgehead atoms. The van der Waals surface area contributed by atoms with Gasteiger partial charge in [-0.2, -0.15) is 5.10 Å². The quantitative estimate of drug-likeness (QED) is 0.786. The number of carbonyl (C=O) groups is 2. The van der Waals surface area contributed by atoms with Crippen LogP contribution >= 0.6 is 0 Å². The van der Waals surface area contributed by atoms with E-state index in [9.17, 15) is 9.59 Å². The number of rotatable bonds is 7. The molecule has 0 atom stereocenters. The van der Waals surface area contributed by atoms with Crippen molar-refractivity contribution in [2.75, 3.05) is 32.7 Å². The third-order valence-corrected chi connectivity index (χ3v) is 4.83. The molecule has 7 nitrogen and oxygen atoms in total. The maximum Gasteiger partial charge on any atom is 0.234 e. The van der Waals surface area contributed by atoms with Crippen molar-refractivity contribution in [3.8, 4) is 5.69 Å². The lowest BCUT2D eigenvalue weighted by molar-refractivity contribution is -0.133. The standard InChI is InChI=1S/C21H29N5O2/c1-17(2)23-20(27)16-24-10-12-25(13-11-24)21(28)9-8-18-14-22-26(15-18)19-6-4-3-5-7-19/h3-7,14-15,17H,8-13,16H2,1-2H3,(H,23,27). The van der Waals surface area contributed by atoms with Gasteiger partial charge in [-0.15, -0.1) is 0 Å². The van der Waals surface area contributed by atoms with Crippen molar-refractivity contribution in [1.82, 2.24) is 24.9 Å². The summed E-state index contributed by atoms with van der Waals surface area (Å²) in [5.41, 5.74) is 2.07. The van der Waals surface area contributed by atoms with Gasteiger partial charge in [0, 0.05) is 44.8 Å². The number of hydrogen-bond donors (Lipinski definition) is 1. The Morgan fingerprint density at radius 2 is 1.82 bits per heavy atom. The maximum absolute atomic E-state index is 12.5. The third kappa shape index (κ3) is 5.66. The lowest BCUT2D eigenvalue weighted by atomic mass is 10.1. The van der Waals surface area contributed by atoms with Gasteiger partial charge in [-0.05, 0) is 38.0 Å². The Bertz CT molecular complexity index is 779. The number of aromatic nitrogens is 2. The molecular weight excluding hydrogens is 354 g/mol. The Labute approximate surface area is 166 Å². The number of benzene rings is 1. The van der Waals surface area contributed by atoms with Crippen LogP contribution in [0.25, 0.3) is 5.69 Å². The lowest BCUT2D eigenvalue weighted by Gasteiger charge is -2.34. The first-order valence-corrected chi connectivity index (χ1v) is 9.90. The third-order valence-electron chi connectivity index (χ3n) is 4.83. The van der Waals surface area contributed by atoms with Crippen LogP contribution in [0.3, 0.4) is 0 Å². The fourth-order valence-electron chi connectivity index (χ4n) is 3.35. The molecular formula is C21H29N5O2. The molecule has 1 aliphatic heterocycles. The monoisotopic (exact) mass is 383 g/mol. The summed E-state index contributed by atoms with van der Waals surface area (Å²) in [5, 5.41) is 7.29. The second kappa shape index (κ2) is 9.50. The first-order chi connectivity index (χ1) is 13.5. The predicted molar refractivity (Wildman–Crippen MR) is 108 cm³/mol. The molecule has 0 saturated carbocycles. The summed E-state index contributed by atoms with van der Waals surface area (Å²) in [6.07, 6.45) is 4.97. The summed E-state index contributed by atoms with van der Waals surface area (Å²) in [7, 11) is 0. The van der Waals surface area contributed by atoms with Crippen molar-refractivity contribution >= 4 is 11.8 Å². The van der Waals surface area contributed by atoms with E-state index >= 15 is 0 Å². The Hall–Kier alpha value is -2.67. The minimum absolute atomic E-state index is 0.0465. The van der Waals surface area contributed by atoms with Crippen molar-refractivity contribution < 1.29 is 9.59 Å². The van der Waals surface area contributed by atoms with Gasteiger partial charge in [0.15, 0.2) is 0 Å². The van der Waals surface area contributed by atoms with Crippen molar-refractivity contribution in [3.05, 3.63) is 48.3 Å². The summed E-state index contributed by atoms with van der Waals surface area (Å²) < 4.78 is 1.83. The van der Waals surface area contributed by atoms with E-state index in [-0.39, 0.29) is 17.9 Å². The van der Waals surface area contributed by atoms with Crippen molar-refractivity contribution in [2.24, 2.45) is 0 Å². The molecule has 7 heteroatoms. The minimum atomic E-state index is 0.0465. The molecule has 1 fully saturated rings. The van der Waals surface area contributed by atoms with Gasteiger partial charge in [-0.3, -0.25) is 14.5 Å². The number of aryl methyl sites for hydroxylation is 1. The van der Waals surface area contributed by atoms with Crippen LogP contribution in [0.1, 0.15) is 25.8 Å². The van der Waals surface area contributed by atoms with E-state index in [0.717, 1.165) is 24.3 Å². The second-order valence-corrected chi connectivity index (χ2v) is 7.51. The van der Waals surface area contributed by atoms with E-state index in [1.165, 1.54) is 0 Å². The van der Waals surface area contributed by atoms with Gasteiger partial charge in [0.05, 0.1) is 18.4 Å². The number of carbonyl (C=O) groups excluding carboxylic acids is 2. The molecule has 1 aliphatic rings. The molecule has 1 aromatic carbocycles. The van der Waals surface area contributed by atoms with E-state index in [2.05, 4.69) is 15.3 Å². The molecule has 150 valence electrons. The predicted octanol–water partition coefficient (Wildman–Crippen LogP) is 1.47. The van der Waals surface area contributed by atoms with Crippen molar-refractivity contribution in [3.63, 3.8) is 0 Å². The summed E-state index contributed by atoms with van der Waals surface area (Å²) in [6.45, 7) is 7.15. The number of amides is 2. The molecule has 2 heterocycles. The number of nitrogens with one attached hydrogen (secondary N) is 1. The average molecular weight is 383 g/mol. The zero-order valence-corrected chi connectivity index (χ0v) is 16.7. The molecule has 1 N–H and O–H groups in total. The topological polar surface area (TPSA) is 70.5 Å².